The molecular formula is C16H18NO+. The summed E-state index contributed by atoms with van der Waals surface area (Å²) in [5.74, 6) is 0.0971. The van der Waals surface area contributed by atoms with Crippen molar-refractivity contribution in [1.82, 2.24) is 0 Å². The van der Waals surface area contributed by atoms with Crippen molar-refractivity contribution >= 4 is 5.78 Å². The van der Waals surface area contributed by atoms with Crippen molar-refractivity contribution in [3.8, 4) is 5.69 Å². The number of hydrogen-bond acceptors (Lipinski definition) is 1. The Bertz CT molecular complexity index is 591. The van der Waals surface area contributed by atoms with Gasteiger partial charge in [0.25, 0.3) is 0 Å². The second-order valence-corrected chi connectivity index (χ2v) is 4.76. The van der Waals surface area contributed by atoms with Crippen LogP contribution in [0.3, 0.4) is 0 Å². The van der Waals surface area contributed by atoms with Crippen LogP contribution >= 0.6 is 0 Å². The lowest BCUT2D eigenvalue weighted by Crippen LogP contribution is -2.37. The molecule has 0 aliphatic carbocycles. The first kappa shape index (κ1) is 12.5. The molecule has 0 spiro atoms. The Morgan fingerprint density at radius 2 is 1.61 bits per heavy atom. The topological polar surface area (TPSA) is 20.9 Å². The van der Waals surface area contributed by atoms with Crippen molar-refractivity contribution < 1.29 is 9.36 Å². The summed E-state index contributed by atoms with van der Waals surface area (Å²) in [7, 11) is 0. The van der Waals surface area contributed by atoms with E-state index in [-0.39, 0.29) is 5.78 Å². The maximum atomic E-state index is 11.4. The Balaban J connectivity index is 2.62. The SMILES string of the molecule is CC(=O)c1cccc(-[n+]2c(C)cc(C)cc2C)c1. The van der Waals surface area contributed by atoms with E-state index in [1.165, 1.54) is 17.0 Å². The van der Waals surface area contributed by atoms with E-state index in [1.54, 1.807) is 6.92 Å². The standard InChI is InChI=1S/C16H18NO/c1-11-8-12(2)17(13(3)9-11)16-7-5-6-15(10-16)14(4)18/h5-10H,1-4H3/q+1. The monoisotopic (exact) mass is 240 g/mol. The number of benzene rings is 1. The fraction of sp³-hybridized carbons (Fsp3) is 0.250. The predicted molar refractivity (Wildman–Crippen MR) is 72.2 cm³/mol. The van der Waals surface area contributed by atoms with Crippen molar-refractivity contribution in [2.75, 3.05) is 0 Å². The third-order valence-electron chi connectivity index (χ3n) is 3.09. The van der Waals surface area contributed by atoms with Crippen LogP contribution in [0.1, 0.15) is 34.2 Å². The van der Waals surface area contributed by atoms with Gasteiger partial charge in [-0.2, -0.15) is 4.57 Å². The van der Waals surface area contributed by atoms with Crippen molar-refractivity contribution in [1.29, 1.82) is 0 Å². The lowest BCUT2D eigenvalue weighted by molar-refractivity contribution is -0.609. The minimum absolute atomic E-state index is 0.0971. The van der Waals surface area contributed by atoms with E-state index < -0.39 is 0 Å². The Morgan fingerprint density at radius 3 is 2.17 bits per heavy atom. The maximum Gasteiger partial charge on any atom is 0.211 e. The highest BCUT2D eigenvalue weighted by atomic mass is 16.1. The highest BCUT2D eigenvalue weighted by Crippen LogP contribution is 2.10. The van der Waals surface area contributed by atoms with E-state index in [9.17, 15) is 4.79 Å². The van der Waals surface area contributed by atoms with E-state index in [0.717, 1.165) is 11.3 Å². The first-order valence-electron chi connectivity index (χ1n) is 6.10. The van der Waals surface area contributed by atoms with Gasteiger partial charge in [-0.25, -0.2) is 0 Å². The molecule has 92 valence electrons. The number of pyridine rings is 1. The van der Waals surface area contributed by atoms with Crippen molar-refractivity contribution in [3.63, 3.8) is 0 Å². The lowest BCUT2D eigenvalue weighted by Gasteiger charge is -2.05. The van der Waals surface area contributed by atoms with Gasteiger partial charge in [0.05, 0.1) is 0 Å². The van der Waals surface area contributed by atoms with Gasteiger partial charge in [-0.1, -0.05) is 12.1 Å². The number of hydrogen-bond donors (Lipinski definition) is 0. The number of nitrogens with zero attached hydrogens (tertiary/aromatic N) is 1. The number of carbonyl (C=O) groups excluding carboxylic acids is 1. The largest absolute Gasteiger partial charge is 0.295 e. The molecule has 18 heavy (non-hydrogen) atoms. The minimum Gasteiger partial charge on any atom is -0.295 e. The predicted octanol–water partition coefficient (Wildman–Crippen LogP) is 3.09. The number of rotatable bonds is 2. The zero-order chi connectivity index (χ0) is 13.3. The molecule has 0 bridgehead atoms. The van der Waals surface area contributed by atoms with E-state index in [0.29, 0.717) is 0 Å². The molecule has 2 aromatic rings. The summed E-state index contributed by atoms with van der Waals surface area (Å²) in [5.41, 5.74) is 5.39. The molecule has 0 saturated heterocycles. The fourth-order valence-electron chi connectivity index (χ4n) is 2.38. The van der Waals surface area contributed by atoms with Crippen LogP contribution in [0.15, 0.2) is 36.4 Å². The second kappa shape index (κ2) is 4.73. The summed E-state index contributed by atoms with van der Waals surface area (Å²) in [6.45, 7) is 7.86. The summed E-state index contributed by atoms with van der Waals surface area (Å²) in [4.78, 5) is 11.4. The van der Waals surface area contributed by atoms with Crippen LogP contribution in [0.2, 0.25) is 0 Å². The van der Waals surface area contributed by atoms with Crippen LogP contribution in [0.25, 0.3) is 5.69 Å². The van der Waals surface area contributed by atoms with Crippen LogP contribution in [0.5, 0.6) is 0 Å². The molecule has 0 amide bonds. The van der Waals surface area contributed by atoms with E-state index >= 15 is 0 Å². The quantitative estimate of drug-likeness (QED) is 0.583. The lowest BCUT2D eigenvalue weighted by atomic mass is 10.1. The number of ketones is 1. The van der Waals surface area contributed by atoms with E-state index in [1.807, 2.05) is 24.3 Å². The number of carbonyl (C=O) groups is 1. The highest BCUT2D eigenvalue weighted by molar-refractivity contribution is 5.94. The number of aromatic nitrogens is 1. The van der Waals surface area contributed by atoms with Crippen LogP contribution in [0.4, 0.5) is 0 Å². The van der Waals surface area contributed by atoms with Gasteiger partial charge in [0, 0.05) is 43.7 Å². The van der Waals surface area contributed by atoms with Gasteiger partial charge >= 0.3 is 0 Å². The summed E-state index contributed by atoms with van der Waals surface area (Å²) >= 11 is 0. The molecule has 0 N–H and O–H groups in total. The van der Waals surface area contributed by atoms with Crippen molar-refractivity contribution in [2.45, 2.75) is 27.7 Å². The number of aryl methyl sites for hydroxylation is 3. The molecule has 0 radical (unpaired) electrons. The Hall–Kier alpha value is -1.96. The summed E-state index contributed by atoms with van der Waals surface area (Å²) < 4.78 is 2.17. The molecule has 2 heteroatoms. The average Bonchev–Trinajstić information content (AvgIpc) is 2.28. The Labute approximate surface area is 108 Å². The van der Waals surface area contributed by atoms with Gasteiger partial charge in [0.1, 0.15) is 0 Å². The van der Waals surface area contributed by atoms with Crippen LogP contribution in [-0.2, 0) is 0 Å². The van der Waals surface area contributed by atoms with Crippen LogP contribution < -0.4 is 4.57 Å². The van der Waals surface area contributed by atoms with Crippen LogP contribution in [-0.4, -0.2) is 5.78 Å². The molecule has 2 nitrogen and oxygen atoms in total. The normalized spacial score (nSPS) is 10.4. The summed E-state index contributed by atoms with van der Waals surface area (Å²) in [5, 5.41) is 0. The first-order chi connectivity index (χ1) is 8.49. The van der Waals surface area contributed by atoms with Gasteiger partial charge in [-0.15, -0.1) is 0 Å². The van der Waals surface area contributed by atoms with Gasteiger partial charge in [0.15, 0.2) is 17.2 Å². The average molecular weight is 240 g/mol. The van der Waals surface area contributed by atoms with Gasteiger partial charge in [-0.05, 0) is 19.4 Å². The molecule has 0 atom stereocenters. The van der Waals surface area contributed by atoms with Gasteiger partial charge in [0.2, 0.25) is 5.69 Å². The molecule has 0 aliphatic heterocycles. The first-order valence-corrected chi connectivity index (χ1v) is 6.10. The van der Waals surface area contributed by atoms with Crippen molar-refractivity contribution in [2.24, 2.45) is 0 Å². The second-order valence-electron chi connectivity index (χ2n) is 4.76. The molecule has 1 aromatic carbocycles. The van der Waals surface area contributed by atoms with E-state index in [2.05, 4.69) is 37.5 Å². The molecule has 1 aromatic heterocycles. The Kier molecular flexibility index (Phi) is 3.28. The highest BCUT2D eigenvalue weighted by Gasteiger charge is 2.15. The van der Waals surface area contributed by atoms with Gasteiger partial charge < -0.3 is 0 Å². The molecule has 0 unspecified atom stereocenters. The third kappa shape index (κ3) is 2.33. The molecular weight excluding hydrogens is 222 g/mol. The smallest absolute Gasteiger partial charge is 0.211 e. The van der Waals surface area contributed by atoms with Crippen molar-refractivity contribution in [3.05, 3.63) is 58.9 Å². The molecule has 1 heterocycles. The molecule has 0 saturated carbocycles. The summed E-state index contributed by atoms with van der Waals surface area (Å²) in [6.07, 6.45) is 0. The zero-order valence-electron chi connectivity index (χ0n) is 11.3. The van der Waals surface area contributed by atoms with Gasteiger partial charge in [-0.3, -0.25) is 4.79 Å². The maximum absolute atomic E-state index is 11.4. The molecule has 0 aliphatic rings. The minimum atomic E-state index is 0.0971. The Morgan fingerprint density at radius 1 is 1.00 bits per heavy atom. The van der Waals surface area contributed by atoms with E-state index in [4.69, 9.17) is 0 Å². The zero-order valence-corrected chi connectivity index (χ0v) is 11.3. The molecule has 2 rings (SSSR count). The third-order valence-corrected chi connectivity index (χ3v) is 3.09. The number of Topliss-reactive ketones (excluding diaryl/α,β-unsaturated/α-hetero) is 1. The molecule has 0 fully saturated rings. The van der Waals surface area contributed by atoms with Crippen LogP contribution in [0, 0.1) is 20.8 Å². The summed E-state index contributed by atoms with van der Waals surface area (Å²) in [6, 6.07) is 12.0. The fourth-order valence-corrected chi connectivity index (χ4v) is 2.38.